The molecule has 3 rings (SSSR count). The number of aromatic nitrogens is 1. The number of carbonyl (C=O) groups is 1. The summed E-state index contributed by atoms with van der Waals surface area (Å²) in [6, 6.07) is 8.48. The quantitative estimate of drug-likeness (QED) is 0.299. The van der Waals surface area contributed by atoms with Crippen LogP contribution < -0.4 is 0 Å². The number of unbranched alkanes of at least 4 members (excludes halogenated alkanes) is 7. The highest BCUT2D eigenvalue weighted by Gasteiger charge is 2.22. The second kappa shape index (κ2) is 10.3. The molecule has 3 heteroatoms. The number of aryl methyl sites for hydroxylation is 1. The van der Waals surface area contributed by atoms with E-state index in [1.165, 1.54) is 74.4 Å². The van der Waals surface area contributed by atoms with E-state index in [4.69, 9.17) is 0 Å². The van der Waals surface area contributed by atoms with E-state index in [9.17, 15) is 4.79 Å². The number of rotatable bonds is 10. The highest BCUT2D eigenvalue weighted by Crippen LogP contribution is 2.32. The number of carbonyl (C=O) groups excluding carboxylic acids is 1. The predicted molar refractivity (Wildman–Crippen MR) is 115 cm³/mol. The first-order valence-corrected chi connectivity index (χ1v) is 11.7. The van der Waals surface area contributed by atoms with Crippen LogP contribution in [0.3, 0.4) is 0 Å². The van der Waals surface area contributed by atoms with E-state index in [0.29, 0.717) is 12.3 Å². The molecule has 142 valence electrons. The van der Waals surface area contributed by atoms with E-state index in [-0.39, 0.29) is 0 Å². The van der Waals surface area contributed by atoms with Gasteiger partial charge in [-0.15, -0.1) is 0 Å². The van der Waals surface area contributed by atoms with Gasteiger partial charge in [0.05, 0.1) is 5.52 Å². The molecule has 0 unspecified atom stereocenters. The standard InChI is InChI=1S/C23H32BrNO/c24-18-12-6-4-2-1-3-5-7-17-23(26)25-21-15-10-8-13-19(21)20-14-9-11-16-22(20)25/h8,10,13,15H,1-7,9,11-12,14,16-18H2. The van der Waals surface area contributed by atoms with E-state index in [1.54, 1.807) is 0 Å². The number of fused-ring (bicyclic) bond motifs is 3. The second-order valence-electron chi connectivity index (χ2n) is 7.65. The van der Waals surface area contributed by atoms with Crippen LogP contribution in [0.2, 0.25) is 0 Å². The molecule has 0 atom stereocenters. The number of hydrogen-bond acceptors (Lipinski definition) is 1. The van der Waals surface area contributed by atoms with Crippen molar-refractivity contribution in [1.29, 1.82) is 0 Å². The smallest absolute Gasteiger partial charge is 0.231 e. The van der Waals surface area contributed by atoms with Crippen molar-refractivity contribution in [2.24, 2.45) is 0 Å². The fourth-order valence-corrected chi connectivity index (χ4v) is 4.72. The molecule has 0 bridgehead atoms. The molecule has 1 aromatic carbocycles. The summed E-state index contributed by atoms with van der Waals surface area (Å²) in [6.45, 7) is 0. The van der Waals surface area contributed by atoms with E-state index in [0.717, 1.165) is 30.1 Å². The Hall–Kier alpha value is -1.09. The number of halogens is 1. The zero-order chi connectivity index (χ0) is 18.2. The molecule has 2 aromatic rings. The molecule has 26 heavy (non-hydrogen) atoms. The minimum absolute atomic E-state index is 0.307. The van der Waals surface area contributed by atoms with Gasteiger partial charge in [0, 0.05) is 22.8 Å². The number of para-hydroxylation sites is 1. The second-order valence-corrected chi connectivity index (χ2v) is 8.44. The Labute approximate surface area is 166 Å². The van der Waals surface area contributed by atoms with Crippen molar-refractivity contribution in [1.82, 2.24) is 4.57 Å². The molecule has 1 aromatic heterocycles. The Kier molecular flexibility index (Phi) is 7.79. The number of benzene rings is 1. The summed E-state index contributed by atoms with van der Waals surface area (Å²) >= 11 is 3.49. The lowest BCUT2D eigenvalue weighted by molar-refractivity contribution is 0.0900. The Balaban J connectivity index is 1.51. The van der Waals surface area contributed by atoms with Gasteiger partial charge in [-0.25, -0.2) is 0 Å². The van der Waals surface area contributed by atoms with Gasteiger partial charge in [0.1, 0.15) is 0 Å². The molecule has 0 radical (unpaired) electrons. The monoisotopic (exact) mass is 417 g/mol. The summed E-state index contributed by atoms with van der Waals surface area (Å²) in [7, 11) is 0. The Morgan fingerprint density at radius 1 is 0.885 bits per heavy atom. The minimum Gasteiger partial charge on any atom is -0.284 e. The van der Waals surface area contributed by atoms with Crippen LogP contribution in [0.5, 0.6) is 0 Å². The normalized spacial score (nSPS) is 13.9. The van der Waals surface area contributed by atoms with Crippen molar-refractivity contribution in [3.63, 3.8) is 0 Å². The third kappa shape index (κ3) is 4.79. The molecule has 2 nitrogen and oxygen atoms in total. The SMILES string of the molecule is O=C(CCCCCCCCCCBr)n1c2c(c3ccccc31)CCCC2. The van der Waals surface area contributed by atoms with Gasteiger partial charge in [0.25, 0.3) is 0 Å². The molecular weight excluding hydrogens is 386 g/mol. The maximum absolute atomic E-state index is 13.0. The van der Waals surface area contributed by atoms with Crippen LogP contribution in [0.25, 0.3) is 10.9 Å². The Bertz CT molecular complexity index is 718. The molecule has 1 heterocycles. The van der Waals surface area contributed by atoms with Gasteiger partial charge in [-0.2, -0.15) is 0 Å². The molecule has 0 saturated heterocycles. The molecule has 0 fully saturated rings. The lowest BCUT2D eigenvalue weighted by Crippen LogP contribution is -2.16. The van der Waals surface area contributed by atoms with Crippen molar-refractivity contribution in [2.45, 2.75) is 83.5 Å². The molecule has 0 spiro atoms. The fraction of sp³-hybridized carbons (Fsp3) is 0.609. The summed E-state index contributed by atoms with van der Waals surface area (Å²) in [5.41, 5.74) is 3.87. The molecule has 1 aliphatic carbocycles. The first-order chi connectivity index (χ1) is 12.8. The third-order valence-corrected chi connectivity index (χ3v) is 6.26. The van der Waals surface area contributed by atoms with E-state index in [1.807, 2.05) is 0 Å². The largest absolute Gasteiger partial charge is 0.284 e. The van der Waals surface area contributed by atoms with Crippen molar-refractivity contribution in [3.8, 4) is 0 Å². The topological polar surface area (TPSA) is 22.0 Å². The van der Waals surface area contributed by atoms with Gasteiger partial charge in [-0.1, -0.05) is 72.7 Å². The number of alkyl halides is 1. The van der Waals surface area contributed by atoms with Crippen LogP contribution in [0.1, 0.15) is 86.7 Å². The molecule has 0 N–H and O–H groups in total. The van der Waals surface area contributed by atoms with Crippen molar-refractivity contribution < 1.29 is 4.79 Å². The molecule has 1 aliphatic rings. The predicted octanol–water partition coefficient (Wildman–Crippen LogP) is 7.07. The summed E-state index contributed by atoms with van der Waals surface area (Å²) in [6.07, 6.45) is 15.5. The van der Waals surface area contributed by atoms with Gasteiger partial charge in [0.2, 0.25) is 5.91 Å². The van der Waals surface area contributed by atoms with Gasteiger partial charge >= 0.3 is 0 Å². The zero-order valence-electron chi connectivity index (χ0n) is 15.9. The van der Waals surface area contributed by atoms with Crippen LogP contribution in [0.15, 0.2) is 24.3 Å². The third-order valence-electron chi connectivity index (χ3n) is 5.70. The van der Waals surface area contributed by atoms with Crippen LogP contribution in [-0.4, -0.2) is 15.8 Å². The first-order valence-electron chi connectivity index (χ1n) is 10.5. The number of hydrogen-bond donors (Lipinski definition) is 0. The maximum Gasteiger partial charge on any atom is 0.231 e. The maximum atomic E-state index is 13.0. The van der Waals surface area contributed by atoms with Crippen LogP contribution in [-0.2, 0) is 12.8 Å². The van der Waals surface area contributed by atoms with Crippen molar-refractivity contribution >= 4 is 32.7 Å². The average molecular weight is 418 g/mol. The van der Waals surface area contributed by atoms with Gasteiger partial charge < -0.3 is 0 Å². The van der Waals surface area contributed by atoms with Crippen LogP contribution in [0, 0.1) is 0 Å². The Morgan fingerprint density at radius 2 is 1.54 bits per heavy atom. The van der Waals surface area contributed by atoms with Crippen LogP contribution >= 0.6 is 15.9 Å². The molecule has 0 saturated carbocycles. The summed E-state index contributed by atoms with van der Waals surface area (Å²) in [4.78, 5) is 13.0. The van der Waals surface area contributed by atoms with E-state index < -0.39 is 0 Å². The zero-order valence-corrected chi connectivity index (χ0v) is 17.5. The Morgan fingerprint density at radius 3 is 2.31 bits per heavy atom. The average Bonchev–Trinajstić information content (AvgIpc) is 3.01. The highest BCUT2D eigenvalue weighted by molar-refractivity contribution is 9.09. The van der Waals surface area contributed by atoms with Gasteiger partial charge in [-0.05, 0) is 50.2 Å². The summed E-state index contributed by atoms with van der Waals surface area (Å²) in [5, 5.41) is 2.44. The lowest BCUT2D eigenvalue weighted by Gasteiger charge is -2.15. The summed E-state index contributed by atoms with van der Waals surface area (Å²) in [5.74, 6) is 0.307. The van der Waals surface area contributed by atoms with Gasteiger partial charge in [0.15, 0.2) is 0 Å². The minimum atomic E-state index is 0.307. The first kappa shape index (κ1) is 19.7. The van der Waals surface area contributed by atoms with E-state index in [2.05, 4.69) is 44.8 Å². The molecule has 0 amide bonds. The van der Waals surface area contributed by atoms with E-state index >= 15 is 0 Å². The lowest BCUT2D eigenvalue weighted by atomic mass is 9.95. The van der Waals surface area contributed by atoms with Crippen molar-refractivity contribution in [3.05, 3.63) is 35.5 Å². The highest BCUT2D eigenvalue weighted by atomic mass is 79.9. The molecule has 0 aliphatic heterocycles. The molecular formula is C23H32BrNO. The van der Waals surface area contributed by atoms with Gasteiger partial charge in [-0.3, -0.25) is 9.36 Å². The number of nitrogens with zero attached hydrogens (tertiary/aromatic N) is 1. The van der Waals surface area contributed by atoms with Crippen LogP contribution in [0.4, 0.5) is 0 Å². The van der Waals surface area contributed by atoms with Crippen molar-refractivity contribution in [2.75, 3.05) is 5.33 Å². The summed E-state index contributed by atoms with van der Waals surface area (Å²) < 4.78 is 2.06. The fourth-order valence-electron chi connectivity index (χ4n) is 4.32.